The van der Waals surface area contributed by atoms with E-state index >= 15 is 0 Å². The lowest BCUT2D eigenvalue weighted by molar-refractivity contribution is 0.414. The second-order valence-corrected chi connectivity index (χ2v) is 7.55. The van der Waals surface area contributed by atoms with Crippen LogP contribution in [-0.4, -0.2) is 39.6 Å². The summed E-state index contributed by atoms with van der Waals surface area (Å²) in [4.78, 5) is 6.70. The van der Waals surface area contributed by atoms with Crippen molar-refractivity contribution < 1.29 is 13.2 Å². The lowest BCUT2D eigenvalue weighted by Gasteiger charge is -2.18. The average molecular weight is 347 g/mol. The van der Waals surface area contributed by atoms with Crippen molar-refractivity contribution in [1.29, 1.82) is 0 Å². The maximum absolute atomic E-state index is 12.7. The summed E-state index contributed by atoms with van der Waals surface area (Å²) >= 11 is 0. The normalized spacial score (nSPS) is 17.9. The molecule has 1 aliphatic heterocycles. The zero-order valence-corrected chi connectivity index (χ0v) is 14.6. The predicted molar refractivity (Wildman–Crippen MR) is 92.9 cm³/mol. The van der Waals surface area contributed by atoms with E-state index in [0.29, 0.717) is 22.8 Å². The second kappa shape index (κ2) is 6.78. The van der Waals surface area contributed by atoms with Gasteiger partial charge in [-0.2, -0.15) is 0 Å². The van der Waals surface area contributed by atoms with Crippen LogP contribution in [0.25, 0.3) is 0 Å². The van der Waals surface area contributed by atoms with Gasteiger partial charge in [-0.15, -0.1) is 0 Å². The summed E-state index contributed by atoms with van der Waals surface area (Å²) in [6, 6.07) is 10.6. The first kappa shape index (κ1) is 16.7. The van der Waals surface area contributed by atoms with Crippen molar-refractivity contribution >= 4 is 15.8 Å². The zero-order valence-electron chi connectivity index (χ0n) is 13.8. The first-order chi connectivity index (χ1) is 11.5. The van der Waals surface area contributed by atoms with Gasteiger partial charge in [0, 0.05) is 25.3 Å². The summed E-state index contributed by atoms with van der Waals surface area (Å²) in [5, 5.41) is 0. The van der Waals surface area contributed by atoms with E-state index in [1.807, 2.05) is 18.2 Å². The lowest BCUT2D eigenvalue weighted by Crippen LogP contribution is -2.37. The molecule has 0 saturated carbocycles. The number of ether oxygens (including phenoxy) is 1. The Morgan fingerprint density at radius 1 is 1.29 bits per heavy atom. The van der Waals surface area contributed by atoms with Crippen LogP contribution < -0.4 is 14.4 Å². The molecule has 0 radical (unpaired) electrons. The van der Waals surface area contributed by atoms with E-state index in [1.165, 1.54) is 0 Å². The molecule has 2 heterocycles. The number of benzene rings is 1. The fourth-order valence-corrected chi connectivity index (χ4v) is 4.43. The Balaban J connectivity index is 1.72. The molecular formula is C17H21N3O3S. The van der Waals surface area contributed by atoms with Crippen LogP contribution in [0.5, 0.6) is 5.75 Å². The molecule has 128 valence electrons. The van der Waals surface area contributed by atoms with E-state index in [2.05, 4.69) is 14.6 Å². The Kier molecular flexibility index (Phi) is 4.73. The van der Waals surface area contributed by atoms with Gasteiger partial charge in [-0.05, 0) is 49.2 Å². The van der Waals surface area contributed by atoms with Gasteiger partial charge in [0.05, 0.1) is 12.0 Å². The second-order valence-electron chi connectivity index (χ2n) is 5.87. The van der Waals surface area contributed by atoms with E-state index < -0.39 is 10.0 Å². The van der Waals surface area contributed by atoms with Crippen molar-refractivity contribution in [2.75, 3.05) is 25.1 Å². The van der Waals surface area contributed by atoms with Crippen LogP contribution in [0.15, 0.2) is 47.5 Å². The Bertz CT molecular complexity index is 809. The monoisotopic (exact) mass is 347 g/mol. The van der Waals surface area contributed by atoms with E-state index in [0.717, 1.165) is 18.8 Å². The largest absolute Gasteiger partial charge is 0.497 e. The van der Waals surface area contributed by atoms with Crippen LogP contribution in [0, 0.1) is 6.92 Å². The van der Waals surface area contributed by atoms with Gasteiger partial charge in [-0.3, -0.25) is 0 Å². The molecule has 1 unspecified atom stereocenters. The Morgan fingerprint density at radius 3 is 2.79 bits per heavy atom. The molecule has 6 nitrogen and oxygen atoms in total. The first-order valence-corrected chi connectivity index (χ1v) is 9.31. The Labute approximate surface area is 142 Å². The standard InChI is InChI=1S/C17H21N3O3S/c1-13-11-15(23-2)6-7-16(13)24(21,22)19-14-8-10-20(12-14)17-5-3-4-9-18-17/h3-7,9,11,14,19H,8,10,12H2,1-2H3. The van der Waals surface area contributed by atoms with Gasteiger partial charge in [0.15, 0.2) is 0 Å². The molecular weight excluding hydrogens is 326 g/mol. The van der Waals surface area contributed by atoms with E-state index in [9.17, 15) is 8.42 Å². The number of hydrogen-bond acceptors (Lipinski definition) is 5. The van der Waals surface area contributed by atoms with Crippen molar-refractivity contribution in [3.63, 3.8) is 0 Å². The van der Waals surface area contributed by atoms with Gasteiger partial charge in [0.25, 0.3) is 0 Å². The fraction of sp³-hybridized carbons (Fsp3) is 0.353. The molecule has 0 aliphatic carbocycles. The predicted octanol–water partition coefficient (Wildman–Crippen LogP) is 1.96. The number of pyridine rings is 1. The smallest absolute Gasteiger partial charge is 0.241 e. The van der Waals surface area contributed by atoms with Crippen LogP contribution in [0.4, 0.5) is 5.82 Å². The first-order valence-electron chi connectivity index (χ1n) is 7.82. The van der Waals surface area contributed by atoms with Crippen LogP contribution in [0.1, 0.15) is 12.0 Å². The van der Waals surface area contributed by atoms with Gasteiger partial charge >= 0.3 is 0 Å². The quantitative estimate of drug-likeness (QED) is 0.895. The molecule has 0 bridgehead atoms. The maximum atomic E-state index is 12.7. The van der Waals surface area contributed by atoms with Crippen molar-refractivity contribution in [1.82, 2.24) is 9.71 Å². The highest BCUT2D eigenvalue weighted by Gasteiger charge is 2.28. The molecule has 0 spiro atoms. The molecule has 1 saturated heterocycles. The van der Waals surface area contributed by atoms with Gasteiger partial charge in [-0.25, -0.2) is 18.1 Å². The number of hydrogen-bond donors (Lipinski definition) is 1. The summed E-state index contributed by atoms with van der Waals surface area (Å²) in [7, 11) is -2.00. The Hall–Kier alpha value is -2.12. The van der Waals surface area contributed by atoms with Gasteiger partial charge in [0.2, 0.25) is 10.0 Å². The third-order valence-corrected chi connectivity index (χ3v) is 5.84. The number of aryl methyl sites for hydroxylation is 1. The summed E-state index contributed by atoms with van der Waals surface area (Å²) in [5.41, 5.74) is 0.668. The highest BCUT2D eigenvalue weighted by molar-refractivity contribution is 7.89. The summed E-state index contributed by atoms with van der Waals surface area (Å²) < 4.78 is 33.3. The molecule has 24 heavy (non-hydrogen) atoms. The summed E-state index contributed by atoms with van der Waals surface area (Å²) in [6.07, 6.45) is 2.50. The number of nitrogens with one attached hydrogen (secondary N) is 1. The number of aromatic nitrogens is 1. The van der Waals surface area contributed by atoms with Gasteiger partial charge in [0.1, 0.15) is 11.6 Å². The van der Waals surface area contributed by atoms with Crippen molar-refractivity contribution in [2.24, 2.45) is 0 Å². The average Bonchev–Trinajstić information content (AvgIpc) is 3.03. The van der Waals surface area contributed by atoms with Crippen molar-refractivity contribution in [3.05, 3.63) is 48.2 Å². The highest BCUT2D eigenvalue weighted by Crippen LogP contribution is 2.23. The lowest BCUT2D eigenvalue weighted by atomic mass is 10.2. The van der Waals surface area contributed by atoms with Crippen molar-refractivity contribution in [2.45, 2.75) is 24.3 Å². The molecule has 1 N–H and O–H groups in total. The topological polar surface area (TPSA) is 71.5 Å². The molecule has 2 aromatic rings. The van der Waals surface area contributed by atoms with E-state index in [-0.39, 0.29) is 6.04 Å². The molecule has 1 atom stereocenters. The Morgan fingerprint density at radius 2 is 2.12 bits per heavy atom. The minimum absolute atomic E-state index is 0.126. The number of methoxy groups -OCH3 is 1. The number of rotatable bonds is 5. The van der Waals surface area contributed by atoms with Gasteiger partial charge < -0.3 is 9.64 Å². The number of sulfonamides is 1. The molecule has 7 heteroatoms. The zero-order chi connectivity index (χ0) is 17.2. The van der Waals surface area contributed by atoms with E-state index in [4.69, 9.17) is 4.74 Å². The van der Waals surface area contributed by atoms with Crippen molar-refractivity contribution in [3.8, 4) is 5.75 Å². The van der Waals surface area contributed by atoms with Crippen LogP contribution in [0.2, 0.25) is 0 Å². The minimum atomic E-state index is -3.56. The highest BCUT2D eigenvalue weighted by atomic mass is 32.2. The van der Waals surface area contributed by atoms with E-state index in [1.54, 1.807) is 38.4 Å². The maximum Gasteiger partial charge on any atom is 0.241 e. The van der Waals surface area contributed by atoms with Crippen LogP contribution in [0.3, 0.4) is 0 Å². The van der Waals surface area contributed by atoms with Gasteiger partial charge in [-0.1, -0.05) is 6.07 Å². The minimum Gasteiger partial charge on any atom is -0.497 e. The summed E-state index contributed by atoms with van der Waals surface area (Å²) in [5.74, 6) is 1.52. The SMILES string of the molecule is COc1ccc(S(=O)(=O)NC2CCN(c3ccccn3)C2)c(C)c1. The fourth-order valence-electron chi connectivity index (χ4n) is 2.94. The number of nitrogens with zero attached hydrogens (tertiary/aromatic N) is 2. The molecule has 1 aromatic carbocycles. The molecule has 1 aromatic heterocycles. The molecule has 3 rings (SSSR count). The third kappa shape index (κ3) is 3.52. The third-order valence-electron chi connectivity index (χ3n) is 4.15. The van der Waals surface area contributed by atoms with Crippen LogP contribution in [-0.2, 0) is 10.0 Å². The van der Waals surface area contributed by atoms with Crippen LogP contribution >= 0.6 is 0 Å². The molecule has 0 amide bonds. The molecule has 1 aliphatic rings. The summed E-state index contributed by atoms with van der Waals surface area (Å²) in [6.45, 7) is 3.17. The number of anilines is 1. The molecule has 1 fully saturated rings.